The fourth-order valence-electron chi connectivity index (χ4n) is 9.90. The van der Waals surface area contributed by atoms with E-state index in [-0.39, 0.29) is 25.7 Å². The quantitative estimate of drug-likeness (QED) is 0.0222. The molecule has 0 aliphatic carbocycles. The van der Waals surface area contributed by atoms with E-state index in [2.05, 4.69) is 34.6 Å². The predicted molar refractivity (Wildman–Crippen MR) is 340 cm³/mol. The van der Waals surface area contributed by atoms with Crippen molar-refractivity contribution < 1.29 is 80.2 Å². The summed E-state index contributed by atoms with van der Waals surface area (Å²) in [6.45, 7) is 7.17. The molecule has 0 bridgehead atoms. The van der Waals surface area contributed by atoms with Crippen molar-refractivity contribution in [2.24, 2.45) is 5.92 Å². The van der Waals surface area contributed by atoms with Crippen LogP contribution in [-0.2, 0) is 65.4 Å². The lowest BCUT2D eigenvalue weighted by Crippen LogP contribution is -2.30. The number of rotatable bonds is 66. The third-order valence-electron chi connectivity index (χ3n) is 15.6. The van der Waals surface area contributed by atoms with Crippen molar-refractivity contribution in [3.05, 3.63) is 0 Å². The van der Waals surface area contributed by atoms with Gasteiger partial charge < -0.3 is 33.8 Å². The second-order valence-electron chi connectivity index (χ2n) is 24.1. The molecule has 0 aliphatic rings. The molecule has 0 aliphatic heterocycles. The van der Waals surface area contributed by atoms with Crippen LogP contribution >= 0.6 is 15.6 Å². The molecule has 504 valence electrons. The van der Waals surface area contributed by atoms with E-state index >= 15 is 0 Å². The molecule has 0 amide bonds. The molecule has 0 spiro atoms. The van der Waals surface area contributed by atoms with Crippen molar-refractivity contribution in [1.29, 1.82) is 0 Å². The Morgan fingerprint density at radius 2 is 0.565 bits per heavy atom. The summed E-state index contributed by atoms with van der Waals surface area (Å²) >= 11 is 0. The molecule has 6 atom stereocenters. The zero-order valence-electron chi connectivity index (χ0n) is 54.7. The molecule has 0 saturated carbocycles. The van der Waals surface area contributed by atoms with Crippen LogP contribution in [0.15, 0.2) is 0 Å². The monoisotopic (exact) mass is 1250 g/mol. The Morgan fingerprint density at radius 3 is 0.835 bits per heavy atom. The summed E-state index contributed by atoms with van der Waals surface area (Å²) < 4.78 is 68.0. The van der Waals surface area contributed by atoms with E-state index in [0.29, 0.717) is 25.7 Å². The SMILES string of the molecule is CCCCCCCCCCCCCCCCCCC(=O)O[C@H](COC(=O)CCCCCCCCCCC(C)CC)COP(=O)(O)OC[C@@H](O)COP(=O)(O)OC[C@@H](COC(=O)CCCCCCCCC)OC(=O)CCCCCCCCCCCC. The van der Waals surface area contributed by atoms with Gasteiger partial charge in [-0.25, -0.2) is 9.13 Å². The number of ether oxygens (including phenoxy) is 4. The van der Waals surface area contributed by atoms with Crippen LogP contribution in [0.2, 0.25) is 0 Å². The van der Waals surface area contributed by atoms with Gasteiger partial charge in [0.25, 0.3) is 0 Å². The Labute approximate surface area is 517 Å². The van der Waals surface area contributed by atoms with E-state index in [1.54, 1.807) is 0 Å². The minimum Gasteiger partial charge on any atom is -0.462 e. The summed E-state index contributed by atoms with van der Waals surface area (Å²) in [4.78, 5) is 72.2. The highest BCUT2D eigenvalue weighted by Gasteiger charge is 2.30. The average Bonchev–Trinajstić information content (AvgIpc) is 3.51. The van der Waals surface area contributed by atoms with Gasteiger partial charge in [-0.3, -0.25) is 37.3 Å². The standard InChI is InChI=1S/C66H128O17P2/c1-6-10-13-16-19-21-23-24-25-26-27-28-30-37-42-47-52-66(71)83-62(56-77-64(69)50-45-40-35-32-31-34-38-43-48-59(5)9-4)58-81-85(74,75)79-54-60(67)53-78-84(72,73)80-57-61(55-76-63(68)49-44-39-33-18-15-12-8-3)82-65(70)51-46-41-36-29-22-20-17-14-11-7-2/h59-62,67H,6-58H2,1-5H3,(H,72,73)(H,74,75)/t59?,60-,61+,62+/m0/s1. The molecule has 0 saturated heterocycles. The van der Waals surface area contributed by atoms with Gasteiger partial charge in [0.05, 0.1) is 26.4 Å². The van der Waals surface area contributed by atoms with Crippen LogP contribution in [0.5, 0.6) is 0 Å². The number of carbonyl (C=O) groups is 4. The maximum atomic E-state index is 13.0. The van der Waals surface area contributed by atoms with E-state index in [4.69, 9.17) is 37.0 Å². The van der Waals surface area contributed by atoms with Crippen molar-refractivity contribution in [3.8, 4) is 0 Å². The van der Waals surface area contributed by atoms with Gasteiger partial charge in [-0.1, -0.05) is 285 Å². The molecule has 19 heteroatoms. The maximum Gasteiger partial charge on any atom is 0.472 e. The predicted octanol–water partition coefficient (Wildman–Crippen LogP) is 18.6. The molecule has 0 aromatic carbocycles. The van der Waals surface area contributed by atoms with E-state index < -0.39 is 97.5 Å². The number of aliphatic hydroxyl groups excluding tert-OH is 1. The molecule has 85 heavy (non-hydrogen) atoms. The summed E-state index contributed by atoms with van der Waals surface area (Å²) in [5, 5.41) is 10.5. The van der Waals surface area contributed by atoms with Crippen LogP contribution < -0.4 is 0 Å². The van der Waals surface area contributed by atoms with Gasteiger partial charge in [-0.05, 0) is 31.6 Å². The molecule has 0 radical (unpaired) electrons. The van der Waals surface area contributed by atoms with E-state index in [1.807, 2.05) is 0 Å². The molecular formula is C66H128O17P2. The van der Waals surface area contributed by atoms with Crippen LogP contribution in [0.25, 0.3) is 0 Å². The normalized spacial score (nSPS) is 14.5. The summed E-state index contributed by atoms with van der Waals surface area (Å²) in [5.74, 6) is -1.36. The van der Waals surface area contributed by atoms with Crippen molar-refractivity contribution in [2.75, 3.05) is 39.6 Å². The number of hydrogen-bond acceptors (Lipinski definition) is 15. The fraction of sp³-hybridized carbons (Fsp3) is 0.939. The fourth-order valence-corrected chi connectivity index (χ4v) is 11.5. The Hall–Kier alpha value is -1.94. The molecule has 3 unspecified atom stereocenters. The molecule has 17 nitrogen and oxygen atoms in total. The lowest BCUT2D eigenvalue weighted by Gasteiger charge is -2.21. The third-order valence-corrected chi connectivity index (χ3v) is 17.5. The van der Waals surface area contributed by atoms with Crippen molar-refractivity contribution >= 4 is 39.5 Å². The smallest absolute Gasteiger partial charge is 0.462 e. The van der Waals surface area contributed by atoms with E-state index in [0.717, 1.165) is 109 Å². The van der Waals surface area contributed by atoms with Crippen LogP contribution in [0.4, 0.5) is 0 Å². The number of unbranched alkanes of at least 4 members (excludes halogenated alkanes) is 37. The molecule has 0 fully saturated rings. The second kappa shape index (κ2) is 59.7. The topological polar surface area (TPSA) is 237 Å². The van der Waals surface area contributed by atoms with Crippen LogP contribution in [0.1, 0.15) is 336 Å². The van der Waals surface area contributed by atoms with Crippen LogP contribution in [0.3, 0.4) is 0 Å². The van der Waals surface area contributed by atoms with Crippen LogP contribution in [0, 0.1) is 5.92 Å². The number of carbonyl (C=O) groups excluding carboxylic acids is 4. The zero-order chi connectivity index (χ0) is 62.8. The summed E-state index contributed by atoms with van der Waals surface area (Å²) in [6.07, 6.45) is 44.4. The molecule has 0 heterocycles. The van der Waals surface area contributed by atoms with Gasteiger partial charge in [0.2, 0.25) is 0 Å². The number of hydrogen-bond donors (Lipinski definition) is 3. The minimum absolute atomic E-state index is 0.106. The first kappa shape index (κ1) is 83.1. The van der Waals surface area contributed by atoms with Gasteiger partial charge in [0.15, 0.2) is 12.2 Å². The first-order valence-corrected chi connectivity index (χ1v) is 37.7. The van der Waals surface area contributed by atoms with Crippen molar-refractivity contribution in [1.82, 2.24) is 0 Å². The van der Waals surface area contributed by atoms with Gasteiger partial charge in [0.1, 0.15) is 19.3 Å². The number of phosphoric acid groups is 2. The average molecular weight is 1260 g/mol. The van der Waals surface area contributed by atoms with Gasteiger partial charge in [-0.2, -0.15) is 0 Å². The lowest BCUT2D eigenvalue weighted by atomic mass is 9.99. The van der Waals surface area contributed by atoms with E-state index in [9.17, 15) is 43.2 Å². The Bertz CT molecular complexity index is 1650. The largest absolute Gasteiger partial charge is 0.472 e. The van der Waals surface area contributed by atoms with Gasteiger partial charge in [0, 0.05) is 25.7 Å². The molecule has 0 aromatic heterocycles. The van der Waals surface area contributed by atoms with Gasteiger partial charge in [-0.15, -0.1) is 0 Å². The summed E-state index contributed by atoms with van der Waals surface area (Å²) in [7, 11) is -9.88. The number of esters is 4. The maximum absolute atomic E-state index is 13.0. The minimum atomic E-state index is -4.95. The highest BCUT2D eigenvalue weighted by molar-refractivity contribution is 7.47. The Morgan fingerprint density at radius 1 is 0.329 bits per heavy atom. The zero-order valence-corrected chi connectivity index (χ0v) is 56.5. The first-order valence-electron chi connectivity index (χ1n) is 34.7. The molecule has 3 N–H and O–H groups in total. The van der Waals surface area contributed by atoms with Gasteiger partial charge >= 0.3 is 39.5 Å². The lowest BCUT2D eigenvalue weighted by molar-refractivity contribution is -0.161. The number of phosphoric ester groups is 2. The number of aliphatic hydroxyl groups is 1. The summed E-state index contributed by atoms with van der Waals surface area (Å²) in [5.41, 5.74) is 0. The highest BCUT2D eigenvalue weighted by atomic mass is 31.2. The molecule has 0 rings (SSSR count). The summed E-state index contributed by atoms with van der Waals surface area (Å²) in [6, 6.07) is 0. The Kier molecular flexibility index (Phi) is 58.3. The van der Waals surface area contributed by atoms with Crippen molar-refractivity contribution in [3.63, 3.8) is 0 Å². The van der Waals surface area contributed by atoms with Crippen LogP contribution in [-0.4, -0.2) is 96.7 Å². The Balaban J connectivity index is 5.20. The third kappa shape index (κ3) is 59.5. The van der Waals surface area contributed by atoms with E-state index in [1.165, 1.54) is 148 Å². The highest BCUT2D eigenvalue weighted by Crippen LogP contribution is 2.45. The van der Waals surface area contributed by atoms with Crippen molar-refractivity contribution in [2.45, 2.75) is 355 Å². The first-order chi connectivity index (χ1) is 41.1. The molecular weight excluding hydrogens is 1130 g/mol. The second-order valence-corrected chi connectivity index (χ2v) is 27.0. The molecule has 0 aromatic rings.